The van der Waals surface area contributed by atoms with Gasteiger partial charge in [-0.25, -0.2) is 4.98 Å². The third kappa shape index (κ3) is 5.95. The maximum absolute atomic E-state index is 6.76. The Morgan fingerprint density at radius 3 is 2.28 bits per heavy atom. The molecular weight excluding hydrogens is 850 g/mol. The van der Waals surface area contributed by atoms with Gasteiger partial charge in [-0.2, -0.15) is 6.07 Å². The summed E-state index contributed by atoms with van der Waals surface area (Å²) in [6.07, 6.45) is 8.83. The monoisotopic (exact) mass is 892 g/mol. The number of ether oxygens (including phenoxy) is 1. The summed E-state index contributed by atoms with van der Waals surface area (Å²) in [7, 11) is -1.51. The Morgan fingerprint density at radius 2 is 1.53 bits per heavy atom. The van der Waals surface area contributed by atoms with E-state index in [2.05, 4.69) is 124 Å². The van der Waals surface area contributed by atoms with E-state index in [0.29, 0.717) is 11.5 Å². The standard InChI is InChI=1S/C46H43N3O2Si.Pt/c1-45(2,3)30-20-24-48-43(26-30)49-40-15-8-7-13-34(40)35-19-17-32(29-41(35)49)50-33-27-37-36-18-16-31(46(52(4,5)6)21-10-11-22-46)25-42(36)51-44(37)38(28-33)39-14-9-12-23-47-39;/h7-9,12-20,23-27H,10-11,21-22H2,1-6H3;/q-2;+2. The van der Waals surface area contributed by atoms with Crippen LogP contribution in [0.15, 0.2) is 108 Å². The molecule has 0 bridgehead atoms. The molecule has 9 rings (SSSR count). The zero-order valence-electron chi connectivity index (χ0n) is 31.1. The Morgan fingerprint density at radius 1 is 0.755 bits per heavy atom. The Balaban J connectivity index is 0.00000400. The molecule has 0 spiro atoms. The fourth-order valence-corrected chi connectivity index (χ4v) is 11.5. The fraction of sp³-hybridized carbons (Fsp3) is 0.261. The number of hydrogen-bond donors (Lipinski definition) is 0. The minimum atomic E-state index is -1.51. The topological polar surface area (TPSA) is 53.1 Å². The largest absolute Gasteiger partial charge is 2.00 e. The maximum atomic E-state index is 6.76. The molecule has 4 heterocycles. The number of furan rings is 1. The number of rotatable bonds is 6. The maximum Gasteiger partial charge on any atom is 2.00 e. The van der Waals surface area contributed by atoms with E-state index < -0.39 is 8.07 Å². The van der Waals surface area contributed by atoms with Crippen LogP contribution in [-0.4, -0.2) is 22.6 Å². The van der Waals surface area contributed by atoms with Gasteiger partial charge in [0.2, 0.25) is 0 Å². The number of para-hydroxylation sites is 1. The Bertz CT molecular complexity index is 2640. The van der Waals surface area contributed by atoms with Gasteiger partial charge >= 0.3 is 21.1 Å². The molecular formula is C46H43N3O2PtSi. The summed E-state index contributed by atoms with van der Waals surface area (Å²) >= 11 is 0. The molecule has 1 fully saturated rings. The molecule has 1 saturated carbocycles. The molecule has 53 heavy (non-hydrogen) atoms. The Labute approximate surface area is 326 Å². The summed E-state index contributed by atoms with van der Waals surface area (Å²) in [6.45, 7) is 14.2. The van der Waals surface area contributed by atoms with Gasteiger partial charge in [0.05, 0.1) is 13.7 Å². The molecule has 1 aliphatic rings. The van der Waals surface area contributed by atoms with Gasteiger partial charge in [-0.3, -0.25) is 0 Å². The normalized spacial score (nSPS) is 14.7. The summed E-state index contributed by atoms with van der Waals surface area (Å²) < 4.78 is 15.7. The average molecular weight is 893 g/mol. The van der Waals surface area contributed by atoms with E-state index in [4.69, 9.17) is 19.1 Å². The zero-order chi connectivity index (χ0) is 35.8. The van der Waals surface area contributed by atoms with Gasteiger partial charge in [0, 0.05) is 34.8 Å². The number of fused-ring (bicyclic) bond motifs is 6. The molecule has 0 saturated heterocycles. The van der Waals surface area contributed by atoms with Crippen molar-refractivity contribution >= 4 is 51.8 Å². The first-order valence-electron chi connectivity index (χ1n) is 18.4. The predicted molar refractivity (Wildman–Crippen MR) is 215 cm³/mol. The molecule has 0 N–H and O–H groups in total. The van der Waals surface area contributed by atoms with Gasteiger partial charge in [0.15, 0.2) is 0 Å². The van der Waals surface area contributed by atoms with Crippen molar-refractivity contribution in [3.05, 3.63) is 127 Å². The van der Waals surface area contributed by atoms with Crippen LogP contribution in [0.5, 0.6) is 11.5 Å². The van der Waals surface area contributed by atoms with Crippen molar-refractivity contribution in [1.82, 2.24) is 14.5 Å². The summed E-state index contributed by atoms with van der Waals surface area (Å²) in [5.74, 6) is 2.04. The summed E-state index contributed by atoms with van der Waals surface area (Å²) in [5, 5.41) is 4.57. The van der Waals surface area contributed by atoms with Crippen molar-refractivity contribution < 1.29 is 30.2 Å². The molecule has 0 atom stereocenters. The van der Waals surface area contributed by atoms with E-state index in [1.165, 1.54) is 36.8 Å². The number of hydrogen-bond acceptors (Lipinski definition) is 4. The second-order valence-corrected chi connectivity index (χ2v) is 22.0. The zero-order valence-corrected chi connectivity index (χ0v) is 34.4. The van der Waals surface area contributed by atoms with Crippen LogP contribution in [0.2, 0.25) is 19.6 Å². The van der Waals surface area contributed by atoms with Gasteiger partial charge in [-0.15, -0.1) is 17.5 Å². The van der Waals surface area contributed by atoms with Crippen molar-refractivity contribution in [3.63, 3.8) is 0 Å². The van der Waals surface area contributed by atoms with Crippen LogP contribution in [-0.2, 0) is 31.5 Å². The number of pyridine rings is 2. The van der Waals surface area contributed by atoms with E-state index in [1.54, 1.807) is 0 Å². The van der Waals surface area contributed by atoms with E-state index in [9.17, 15) is 0 Å². The van der Waals surface area contributed by atoms with Crippen LogP contribution in [0.25, 0.3) is 60.8 Å². The van der Waals surface area contributed by atoms with Gasteiger partial charge in [-0.1, -0.05) is 124 Å². The van der Waals surface area contributed by atoms with Crippen LogP contribution >= 0.6 is 0 Å². The second kappa shape index (κ2) is 13.1. The van der Waals surface area contributed by atoms with Crippen molar-refractivity contribution in [1.29, 1.82) is 0 Å². The molecule has 5 nitrogen and oxygen atoms in total. The van der Waals surface area contributed by atoms with Gasteiger partial charge in [-0.05, 0) is 75.8 Å². The third-order valence-electron chi connectivity index (χ3n) is 11.5. The molecule has 4 aromatic heterocycles. The summed E-state index contributed by atoms with van der Waals surface area (Å²) in [4.78, 5) is 9.56. The van der Waals surface area contributed by atoms with Crippen molar-refractivity contribution in [2.24, 2.45) is 0 Å². The molecule has 0 amide bonds. The first-order chi connectivity index (χ1) is 25.0. The number of benzene rings is 4. The van der Waals surface area contributed by atoms with E-state index >= 15 is 0 Å². The summed E-state index contributed by atoms with van der Waals surface area (Å²) in [5.41, 5.74) is 7.87. The van der Waals surface area contributed by atoms with Gasteiger partial charge in [0.25, 0.3) is 0 Å². The SMILES string of the molecule is CC(C)(C)c1ccnc(-n2c3[c-]c(Oc4[c-]c(-c5ccccn5)c5oc6cc(C7([Si](C)(C)C)CCCC7)ccc6c5c4)ccc3c3ccccc32)c1.[Pt+2]. The molecule has 0 radical (unpaired) electrons. The van der Waals surface area contributed by atoms with E-state index in [0.717, 1.165) is 60.8 Å². The van der Waals surface area contributed by atoms with Gasteiger partial charge in [0.1, 0.15) is 11.4 Å². The van der Waals surface area contributed by atoms with Gasteiger partial charge < -0.3 is 18.7 Å². The molecule has 0 aliphatic heterocycles. The minimum Gasteiger partial charge on any atom is -0.503 e. The molecule has 1 aliphatic carbocycles. The van der Waals surface area contributed by atoms with Crippen molar-refractivity contribution in [2.75, 3.05) is 0 Å². The minimum absolute atomic E-state index is 0. The number of nitrogens with zero attached hydrogens (tertiary/aromatic N) is 3. The number of aromatic nitrogens is 3. The van der Waals surface area contributed by atoms with Crippen molar-refractivity contribution in [2.45, 2.75) is 76.5 Å². The van der Waals surface area contributed by atoms with Crippen LogP contribution in [0.3, 0.4) is 0 Å². The second-order valence-electron chi connectivity index (χ2n) is 16.5. The first kappa shape index (κ1) is 35.5. The summed E-state index contributed by atoms with van der Waals surface area (Å²) in [6, 6.07) is 39.0. The molecule has 7 heteroatoms. The smallest absolute Gasteiger partial charge is 0.503 e. The fourth-order valence-electron chi connectivity index (χ4n) is 8.58. The van der Waals surface area contributed by atoms with E-state index in [1.807, 2.05) is 36.7 Å². The Hall–Kier alpha value is -4.51. The molecule has 268 valence electrons. The molecule has 8 aromatic rings. The predicted octanol–water partition coefficient (Wildman–Crippen LogP) is 12.5. The quantitative estimate of drug-likeness (QED) is 0.123. The Kier molecular flexibility index (Phi) is 8.78. The van der Waals surface area contributed by atoms with Crippen LogP contribution in [0, 0.1) is 12.1 Å². The van der Waals surface area contributed by atoms with Crippen LogP contribution in [0.4, 0.5) is 0 Å². The van der Waals surface area contributed by atoms with Crippen LogP contribution in [0.1, 0.15) is 57.6 Å². The molecule has 4 aromatic carbocycles. The molecule has 0 unspecified atom stereocenters. The average Bonchev–Trinajstić information content (AvgIpc) is 3.86. The van der Waals surface area contributed by atoms with Crippen LogP contribution < -0.4 is 4.74 Å². The van der Waals surface area contributed by atoms with Crippen molar-refractivity contribution in [3.8, 4) is 28.6 Å². The van der Waals surface area contributed by atoms with E-state index in [-0.39, 0.29) is 31.5 Å². The third-order valence-corrected chi connectivity index (χ3v) is 15.1. The first-order valence-corrected chi connectivity index (χ1v) is 21.9.